The average Bonchev–Trinajstić information content (AvgIpc) is 3.15. The van der Waals surface area contributed by atoms with Crippen LogP contribution in [-0.4, -0.2) is 24.6 Å². The number of hydrogen-bond acceptors (Lipinski definition) is 6. The third kappa shape index (κ3) is 4.41. The van der Waals surface area contributed by atoms with Crippen molar-refractivity contribution in [2.24, 2.45) is 0 Å². The number of rotatable bonds is 8. The highest BCUT2D eigenvalue weighted by Crippen LogP contribution is 2.35. The first-order valence-electron chi connectivity index (χ1n) is 8.78. The molecule has 0 aliphatic heterocycles. The van der Waals surface area contributed by atoms with Crippen LogP contribution in [0.5, 0.6) is 5.75 Å². The van der Waals surface area contributed by atoms with Crippen molar-refractivity contribution in [3.05, 3.63) is 92.9 Å². The van der Waals surface area contributed by atoms with Crippen LogP contribution >= 0.6 is 0 Å². The Morgan fingerprint density at radius 2 is 1.90 bits per heavy atom. The van der Waals surface area contributed by atoms with E-state index in [9.17, 15) is 14.9 Å². The maximum Gasteiger partial charge on any atom is 0.284 e. The second-order valence-corrected chi connectivity index (χ2v) is 6.18. The molecule has 0 unspecified atom stereocenters. The van der Waals surface area contributed by atoms with Gasteiger partial charge in [0.1, 0.15) is 17.1 Å². The summed E-state index contributed by atoms with van der Waals surface area (Å²) < 4.78 is 16.0. The van der Waals surface area contributed by atoms with Crippen molar-refractivity contribution in [1.29, 1.82) is 0 Å². The molecular weight excluding hydrogens is 374 g/mol. The molecule has 0 aliphatic rings. The highest BCUT2D eigenvalue weighted by atomic mass is 16.7. The number of aryl methyl sites for hydroxylation is 1. The molecule has 1 aromatic heterocycles. The number of nitrogens with zero attached hydrogens (tertiary/aromatic N) is 1. The summed E-state index contributed by atoms with van der Waals surface area (Å²) in [6, 6.07) is 13.0. The second kappa shape index (κ2) is 8.99. The zero-order chi connectivity index (χ0) is 20.8. The fraction of sp³-hybridized carbons (Fsp3) is 0.136. The fourth-order valence-corrected chi connectivity index (χ4v) is 2.82. The monoisotopic (exact) mass is 393 g/mol. The average molecular weight is 393 g/mol. The van der Waals surface area contributed by atoms with E-state index in [1.807, 2.05) is 13.0 Å². The lowest BCUT2D eigenvalue weighted by Crippen LogP contribution is -2.11. The summed E-state index contributed by atoms with van der Waals surface area (Å²) in [4.78, 5) is 24.1. The third-order valence-electron chi connectivity index (χ3n) is 4.26. The van der Waals surface area contributed by atoms with Gasteiger partial charge in [0.15, 0.2) is 6.79 Å². The molecule has 0 atom stereocenters. The van der Waals surface area contributed by atoms with Gasteiger partial charge in [-0.25, -0.2) is 0 Å². The molecule has 148 valence electrons. The normalized spacial score (nSPS) is 11.0. The van der Waals surface area contributed by atoms with E-state index in [1.165, 1.54) is 19.2 Å². The summed E-state index contributed by atoms with van der Waals surface area (Å²) in [5, 5.41) is 11.6. The summed E-state index contributed by atoms with van der Waals surface area (Å²) in [5.41, 5.74) is 1.28. The number of methoxy groups -OCH3 is 1. The molecule has 0 N–H and O–H groups in total. The first-order chi connectivity index (χ1) is 14.0. The molecule has 0 bridgehead atoms. The van der Waals surface area contributed by atoms with Crippen LogP contribution in [0.25, 0.3) is 12.2 Å². The van der Waals surface area contributed by atoms with E-state index in [0.29, 0.717) is 16.9 Å². The summed E-state index contributed by atoms with van der Waals surface area (Å²) in [6.07, 6.45) is 4.97. The Morgan fingerprint density at radius 3 is 2.52 bits per heavy atom. The molecule has 0 spiro atoms. The summed E-state index contributed by atoms with van der Waals surface area (Å²) >= 11 is 0. The first kappa shape index (κ1) is 20.0. The smallest absolute Gasteiger partial charge is 0.284 e. The van der Waals surface area contributed by atoms with Crippen LogP contribution < -0.4 is 4.74 Å². The fourth-order valence-electron chi connectivity index (χ4n) is 2.82. The number of ether oxygens (including phenoxy) is 2. The van der Waals surface area contributed by atoms with E-state index in [0.717, 1.165) is 5.56 Å². The number of nitro groups is 1. The lowest BCUT2D eigenvalue weighted by molar-refractivity contribution is -0.385. The van der Waals surface area contributed by atoms with Gasteiger partial charge in [0.25, 0.3) is 5.69 Å². The van der Waals surface area contributed by atoms with Crippen molar-refractivity contribution in [3.8, 4) is 5.75 Å². The molecule has 0 amide bonds. The molecule has 0 saturated carbocycles. The second-order valence-electron chi connectivity index (χ2n) is 6.18. The van der Waals surface area contributed by atoms with Crippen molar-refractivity contribution in [1.82, 2.24) is 0 Å². The van der Waals surface area contributed by atoms with Gasteiger partial charge in [-0.2, -0.15) is 0 Å². The molecule has 3 aromatic rings. The molecule has 7 nitrogen and oxygen atoms in total. The van der Waals surface area contributed by atoms with Crippen molar-refractivity contribution in [3.63, 3.8) is 0 Å². The number of carbonyl (C=O) groups excluding carboxylic acids is 1. The van der Waals surface area contributed by atoms with Crippen LogP contribution in [0.15, 0.2) is 59.2 Å². The Bertz CT molecular complexity index is 1050. The molecule has 0 saturated heterocycles. The summed E-state index contributed by atoms with van der Waals surface area (Å²) in [5.74, 6) is 0.208. The number of carbonyl (C=O) groups is 1. The van der Waals surface area contributed by atoms with E-state index >= 15 is 0 Å². The van der Waals surface area contributed by atoms with E-state index in [4.69, 9.17) is 13.9 Å². The number of hydrogen-bond donors (Lipinski definition) is 0. The SMILES string of the molecule is COCOc1c(/C=C/c2occc2C)ccc([N+](=O)[O-])c1C(=O)c1ccccc1. The van der Waals surface area contributed by atoms with Gasteiger partial charge in [0.2, 0.25) is 5.78 Å². The Kier molecular flexibility index (Phi) is 6.21. The maximum absolute atomic E-state index is 13.1. The van der Waals surface area contributed by atoms with Crippen molar-refractivity contribution < 1.29 is 23.6 Å². The van der Waals surface area contributed by atoms with Crippen LogP contribution in [-0.2, 0) is 4.74 Å². The van der Waals surface area contributed by atoms with E-state index < -0.39 is 10.7 Å². The van der Waals surface area contributed by atoms with E-state index in [1.54, 1.807) is 48.7 Å². The van der Waals surface area contributed by atoms with Crippen molar-refractivity contribution in [2.75, 3.05) is 13.9 Å². The van der Waals surface area contributed by atoms with Gasteiger partial charge in [-0.1, -0.05) is 30.3 Å². The van der Waals surface area contributed by atoms with Gasteiger partial charge >= 0.3 is 0 Å². The van der Waals surface area contributed by atoms with Crippen molar-refractivity contribution in [2.45, 2.75) is 6.92 Å². The van der Waals surface area contributed by atoms with Crippen LogP contribution in [0.1, 0.15) is 32.8 Å². The highest BCUT2D eigenvalue weighted by molar-refractivity contribution is 6.14. The minimum atomic E-state index is -0.597. The minimum absolute atomic E-state index is 0.0790. The van der Waals surface area contributed by atoms with E-state index in [2.05, 4.69) is 0 Å². The molecule has 0 aliphatic carbocycles. The van der Waals surface area contributed by atoms with Gasteiger partial charge in [-0.15, -0.1) is 0 Å². The molecule has 7 heteroatoms. The Hall–Kier alpha value is -3.71. The topological polar surface area (TPSA) is 91.8 Å². The predicted octanol–water partition coefficient (Wildman–Crippen LogP) is 4.88. The van der Waals surface area contributed by atoms with Gasteiger partial charge in [-0.05, 0) is 36.8 Å². The molecule has 0 fully saturated rings. The summed E-state index contributed by atoms with van der Waals surface area (Å²) in [7, 11) is 1.43. The Morgan fingerprint density at radius 1 is 1.14 bits per heavy atom. The summed E-state index contributed by atoms with van der Waals surface area (Å²) in [6.45, 7) is 1.72. The van der Waals surface area contributed by atoms with Crippen LogP contribution in [0, 0.1) is 17.0 Å². The van der Waals surface area contributed by atoms with E-state index in [-0.39, 0.29) is 23.8 Å². The maximum atomic E-state index is 13.1. The minimum Gasteiger partial charge on any atom is -0.466 e. The highest BCUT2D eigenvalue weighted by Gasteiger charge is 2.28. The number of nitro benzene ring substituents is 1. The zero-order valence-electron chi connectivity index (χ0n) is 16.0. The van der Waals surface area contributed by atoms with Gasteiger partial charge in [0.05, 0.1) is 11.2 Å². The molecule has 0 radical (unpaired) electrons. The van der Waals surface area contributed by atoms with Crippen LogP contribution in [0.3, 0.4) is 0 Å². The largest absolute Gasteiger partial charge is 0.466 e. The lowest BCUT2D eigenvalue weighted by atomic mass is 9.97. The predicted molar refractivity (Wildman–Crippen MR) is 108 cm³/mol. The molecular formula is C22H19NO6. The van der Waals surface area contributed by atoms with Gasteiger partial charge in [0, 0.05) is 24.3 Å². The quantitative estimate of drug-likeness (QED) is 0.234. The Labute approximate surface area is 167 Å². The van der Waals surface area contributed by atoms with Crippen LogP contribution in [0.2, 0.25) is 0 Å². The Balaban J connectivity index is 2.17. The zero-order valence-corrected chi connectivity index (χ0v) is 16.0. The van der Waals surface area contributed by atoms with Crippen LogP contribution in [0.4, 0.5) is 5.69 Å². The van der Waals surface area contributed by atoms with Crippen molar-refractivity contribution >= 4 is 23.6 Å². The molecule has 2 aromatic carbocycles. The molecule has 1 heterocycles. The number of furan rings is 1. The lowest BCUT2D eigenvalue weighted by Gasteiger charge is -2.13. The third-order valence-corrected chi connectivity index (χ3v) is 4.26. The number of benzene rings is 2. The van der Waals surface area contributed by atoms with Gasteiger partial charge < -0.3 is 13.9 Å². The van der Waals surface area contributed by atoms with Gasteiger partial charge in [-0.3, -0.25) is 14.9 Å². The molecule has 3 rings (SSSR count). The first-order valence-corrected chi connectivity index (χ1v) is 8.78. The standard InChI is InChI=1S/C22H19NO6/c1-15-12-13-28-19(15)11-9-17-8-10-18(23(25)26)20(22(17)29-14-27-2)21(24)16-6-4-3-5-7-16/h3-13H,14H2,1-2H3/b11-9+. The number of ketones is 1. The molecule has 29 heavy (non-hydrogen) atoms.